The Labute approximate surface area is 174 Å². The molecule has 0 saturated carbocycles. The van der Waals surface area contributed by atoms with Gasteiger partial charge in [-0.15, -0.1) is 0 Å². The van der Waals surface area contributed by atoms with E-state index < -0.39 is 0 Å². The number of piperazine rings is 1. The fourth-order valence-corrected chi connectivity index (χ4v) is 3.35. The molecular formula is C23H23N4O3+. The molecule has 0 aliphatic carbocycles. The summed E-state index contributed by atoms with van der Waals surface area (Å²) in [6.45, 7) is 2.51. The van der Waals surface area contributed by atoms with Crippen LogP contribution in [-0.2, 0) is 4.79 Å². The molecule has 152 valence electrons. The van der Waals surface area contributed by atoms with Crippen molar-refractivity contribution in [3.05, 3.63) is 90.1 Å². The molecule has 2 aromatic heterocycles. The van der Waals surface area contributed by atoms with Gasteiger partial charge in [0.05, 0.1) is 25.5 Å². The number of pyridine rings is 1. The molecule has 2 amide bonds. The standard InChI is InChI=1S/C23H22N4O3/c28-22(18-7-2-1-3-8-18)25-20(17-19-9-6-16-30-19)23(29)27-14-12-26(13-15-27)21-10-4-5-11-24-21/h1-11,16-17H,12-15H2,(H,25,28)/p+1. The van der Waals surface area contributed by atoms with Crippen molar-refractivity contribution >= 4 is 23.7 Å². The average molecular weight is 403 g/mol. The molecule has 1 saturated heterocycles. The predicted molar refractivity (Wildman–Crippen MR) is 112 cm³/mol. The third kappa shape index (κ3) is 4.57. The summed E-state index contributed by atoms with van der Waals surface area (Å²) in [6, 6.07) is 18.2. The number of nitrogens with one attached hydrogen (secondary N) is 2. The van der Waals surface area contributed by atoms with Gasteiger partial charge < -0.3 is 14.6 Å². The number of H-pyrrole nitrogens is 1. The minimum atomic E-state index is -0.334. The number of hydrogen-bond acceptors (Lipinski definition) is 4. The molecule has 1 fully saturated rings. The van der Waals surface area contributed by atoms with Crippen LogP contribution in [0.2, 0.25) is 0 Å². The summed E-state index contributed by atoms with van der Waals surface area (Å²) in [5.41, 5.74) is 0.679. The third-order valence-corrected chi connectivity index (χ3v) is 4.94. The van der Waals surface area contributed by atoms with Crippen LogP contribution in [0.25, 0.3) is 6.08 Å². The number of aromatic nitrogens is 1. The molecule has 3 aromatic rings. The van der Waals surface area contributed by atoms with Crippen LogP contribution in [0.1, 0.15) is 16.1 Å². The van der Waals surface area contributed by atoms with E-state index in [2.05, 4.69) is 15.2 Å². The summed E-state index contributed by atoms with van der Waals surface area (Å²) in [5, 5.41) is 2.76. The lowest BCUT2D eigenvalue weighted by atomic mass is 10.2. The molecule has 0 atom stereocenters. The van der Waals surface area contributed by atoms with Crippen LogP contribution in [0, 0.1) is 0 Å². The normalized spacial score (nSPS) is 14.5. The highest BCUT2D eigenvalue weighted by Gasteiger charge is 2.28. The molecule has 7 heteroatoms. The first-order chi connectivity index (χ1) is 14.7. The summed E-state index contributed by atoms with van der Waals surface area (Å²) >= 11 is 0. The van der Waals surface area contributed by atoms with Crippen molar-refractivity contribution in [2.45, 2.75) is 0 Å². The summed E-state index contributed by atoms with van der Waals surface area (Å²) in [6.07, 6.45) is 4.98. The zero-order valence-electron chi connectivity index (χ0n) is 16.5. The van der Waals surface area contributed by atoms with Crippen LogP contribution in [0.5, 0.6) is 0 Å². The molecule has 3 heterocycles. The minimum Gasteiger partial charge on any atom is -0.465 e. The first kappa shape index (κ1) is 19.4. The lowest BCUT2D eigenvalue weighted by Crippen LogP contribution is -2.51. The van der Waals surface area contributed by atoms with Crippen LogP contribution in [0.3, 0.4) is 0 Å². The number of nitrogens with zero attached hydrogens (tertiary/aromatic N) is 2. The van der Waals surface area contributed by atoms with Crippen molar-refractivity contribution in [1.29, 1.82) is 0 Å². The molecule has 0 unspecified atom stereocenters. The summed E-state index contributed by atoms with van der Waals surface area (Å²) in [4.78, 5) is 33.0. The fraction of sp³-hybridized carbons (Fsp3) is 0.174. The number of aromatic amines is 1. The van der Waals surface area contributed by atoms with Crippen LogP contribution in [0.4, 0.5) is 5.82 Å². The Hall–Kier alpha value is -3.87. The van der Waals surface area contributed by atoms with Crippen molar-refractivity contribution < 1.29 is 19.0 Å². The van der Waals surface area contributed by atoms with Gasteiger partial charge in [-0.2, -0.15) is 0 Å². The lowest BCUT2D eigenvalue weighted by Gasteiger charge is -2.31. The molecule has 30 heavy (non-hydrogen) atoms. The van der Waals surface area contributed by atoms with E-state index in [1.807, 2.05) is 30.5 Å². The van der Waals surface area contributed by atoms with E-state index in [-0.39, 0.29) is 17.5 Å². The molecule has 0 bridgehead atoms. The Morgan fingerprint density at radius 2 is 1.70 bits per heavy atom. The van der Waals surface area contributed by atoms with Crippen molar-refractivity contribution in [3.63, 3.8) is 0 Å². The SMILES string of the molecule is O=C(NC(=Cc1ccco1)C(=O)N1CCN(c2cccc[nH+]2)CC1)c1ccccc1. The van der Waals surface area contributed by atoms with Gasteiger partial charge in [0.1, 0.15) is 24.5 Å². The quantitative estimate of drug-likeness (QED) is 0.663. The van der Waals surface area contributed by atoms with E-state index >= 15 is 0 Å². The molecular weight excluding hydrogens is 380 g/mol. The average Bonchev–Trinajstić information content (AvgIpc) is 3.32. The monoisotopic (exact) mass is 403 g/mol. The van der Waals surface area contributed by atoms with E-state index in [1.165, 1.54) is 6.26 Å². The highest BCUT2D eigenvalue weighted by molar-refractivity contribution is 6.05. The molecule has 1 aromatic carbocycles. The lowest BCUT2D eigenvalue weighted by molar-refractivity contribution is -0.364. The van der Waals surface area contributed by atoms with Crippen molar-refractivity contribution in [2.75, 3.05) is 31.1 Å². The van der Waals surface area contributed by atoms with Gasteiger partial charge in [0, 0.05) is 17.7 Å². The Bertz CT molecular complexity index is 1010. The Kier molecular flexibility index (Phi) is 5.89. The maximum atomic E-state index is 13.2. The second-order valence-electron chi connectivity index (χ2n) is 6.92. The molecule has 2 N–H and O–H groups in total. The number of amides is 2. The van der Waals surface area contributed by atoms with E-state index in [0.717, 1.165) is 5.82 Å². The van der Waals surface area contributed by atoms with Gasteiger partial charge in [-0.1, -0.05) is 24.3 Å². The number of carbonyl (C=O) groups is 2. The molecule has 0 radical (unpaired) electrons. The number of benzene rings is 1. The van der Waals surface area contributed by atoms with Gasteiger partial charge in [0.25, 0.3) is 17.6 Å². The van der Waals surface area contributed by atoms with Crippen LogP contribution < -0.4 is 15.2 Å². The van der Waals surface area contributed by atoms with Gasteiger partial charge >= 0.3 is 0 Å². The number of hydrogen-bond donors (Lipinski definition) is 1. The van der Waals surface area contributed by atoms with Crippen molar-refractivity contribution in [3.8, 4) is 0 Å². The number of carbonyl (C=O) groups excluding carboxylic acids is 2. The van der Waals surface area contributed by atoms with Gasteiger partial charge in [0.15, 0.2) is 0 Å². The smallest absolute Gasteiger partial charge is 0.274 e. The Morgan fingerprint density at radius 1 is 0.933 bits per heavy atom. The van der Waals surface area contributed by atoms with Gasteiger partial charge in [-0.25, -0.2) is 4.98 Å². The second-order valence-corrected chi connectivity index (χ2v) is 6.92. The zero-order valence-corrected chi connectivity index (χ0v) is 16.5. The van der Waals surface area contributed by atoms with Gasteiger partial charge in [-0.3, -0.25) is 14.5 Å². The first-order valence-electron chi connectivity index (χ1n) is 9.83. The highest BCUT2D eigenvalue weighted by Crippen LogP contribution is 2.14. The zero-order chi connectivity index (χ0) is 20.8. The molecule has 4 rings (SSSR count). The maximum Gasteiger partial charge on any atom is 0.274 e. The van der Waals surface area contributed by atoms with Gasteiger partial charge in [0.2, 0.25) is 0 Å². The molecule has 7 nitrogen and oxygen atoms in total. The summed E-state index contributed by atoms with van der Waals surface area (Å²) < 4.78 is 5.35. The van der Waals surface area contributed by atoms with Crippen molar-refractivity contribution in [1.82, 2.24) is 10.2 Å². The van der Waals surface area contributed by atoms with Crippen LogP contribution in [-0.4, -0.2) is 42.9 Å². The highest BCUT2D eigenvalue weighted by atomic mass is 16.3. The third-order valence-electron chi connectivity index (χ3n) is 4.94. The largest absolute Gasteiger partial charge is 0.465 e. The van der Waals surface area contributed by atoms with Gasteiger partial charge in [-0.05, 0) is 30.3 Å². The summed E-state index contributed by atoms with van der Waals surface area (Å²) in [5.74, 6) is 0.962. The van der Waals surface area contributed by atoms with E-state index in [9.17, 15) is 9.59 Å². The second kappa shape index (κ2) is 9.09. The van der Waals surface area contributed by atoms with E-state index in [1.54, 1.807) is 47.4 Å². The molecule has 1 aliphatic rings. The first-order valence-corrected chi connectivity index (χ1v) is 9.83. The van der Waals surface area contributed by atoms with E-state index in [0.29, 0.717) is 37.5 Å². The molecule has 1 aliphatic heterocycles. The summed E-state index contributed by atoms with van der Waals surface area (Å²) in [7, 11) is 0. The Morgan fingerprint density at radius 3 is 2.37 bits per heavy atom. The Balaban J connectivity index is 1.48. The fourth-order valence-electron chi connectivity index (χ4n) is 3.35. The predicted octanol–water partition coefficient (Wildman–Crippen LogP) is 2.21. The minimum absolute atomic E-state index is 0.193. The van der Waals surface area contributed by atoms with E-state index in [4.69, 9.17) is 4.42 Å². The maximum absolute atomic E-state index is 13.2. The number of anilines is 1. The van der Waals surface area contributed by atoms with Crippen LogP contribution >= 0.6 is 0 Å². The number of rotatable bonds is 5. The topological polar surface area (TPSA) is 79.9 Å². The number of furan rings is 1. The van der Waals surface area contributed by atoms with Crippen LogP contribution in [0.15, 0.2) is 83.2 Å². The van der Waals surface area contributed by atoms with Crippen molar-refractivity contribution in [2.24, 2.45) is 0 Å². The molecule has 0 spiro atoms.